The average molecular weight is 294 g/mol. The van der Waals surface area contributed by atoms with E-state index in [2.05, 4.69) is 15.2 Å². The molecule has 0 unspecified atom stereocenters. The van der Waals surface area contributed by atoms with Crippen molar-refractivity contribution >= 4 is 17.7 Å². The van der Waals surface area contributed by atoms with E-state index in [9.17, 15) is 5.11 Å². The van der Waals surface area contributed by atoms with Crippen LogP contribution in [0.25, 0.3) is 0 Å². The molecule has 1 aromatic carbocycles. The molecule has 2 aromatic rings. The van der Waals surface area contributed by atoms with E-state index in [1.165, 1.54) is 11.8 Å². The van der Waals surface area contributed by atoms with Crippen LogP contribution in [-0.4, -0.2) is 38.8 Å². The summed E-state index contributed by atoms with van der Waals surface area (Å²) >= 11 is 1.33. The summed E-state index contributed by atoms with van der Waals surface area (Å²) in [6, 6.07) is 5.96. The quantitative estimate of drug-likeness (QED) is 0.699. The van der Waals surface area contributed by atoms with Gasteiger partial charge in [-0.15, -0.1) is 5.10 Å². The number of benzene rings is 1. The largest absolute Gasteiger partial charge is 0.490 e. The lowest BCUT2D eigenvalue weighted by Crippen LogP contribution is -2.20. The van der Waals surface area contributed by atoms with Crippen molar-refractivity contribution in [1.82, 2.24) is 15.2 Å². The summed E-state index contributed by atoms with van der Waals surface area (Å²) in [4.78, 5) is 3.95. The van der Waals surface area contributed by atoms with Crippen molar-refractivity contribution in [3.63, 3.8) is 0 Å². The Bertz CT molecular complexity index is 553. The van der Waals surface area contributed by atoms with Gasteiger partial charge in [-0.2, -0.15) is 4.98 Å². The Hall–Kier alpha value is -1.73. The summed E-state index contributed by atoms with van der Waals surface area (Å²) < 4.78 is 5.69. The fourth-order valence-corrected chi connectivity index (χ4v) is 2.46. The van der Waals surface area contributed by atoms with Gasteiger partial charge in [0.15, 0.2) is 0 Å². The lowest BCUT2D eigenvalue weighted by molar-refractivity contribution is 0.125. The maximum absolute atomic E-state index is 9.92. The molecule has 0 radical (unpaired) electrons. The van der Waals surface area contributed by atoms with Gasteiger partial charge in [-0.1, -0.05) is 30.0 Å². The summed E-state index contributed by atoms with van der Waals surface area (Å²) in [6.07, 6.45) is -0.598. The predicted octanol–water partition coefficient (Wildman–Crippen LogP) is 1.54. The molecule has 0 aliphatic carbocycles. The number of aliphatic hydroxyl groups is 1. The number of hydrogen-bond donors (Lipinski definition) is 3. The number of nitrogens with two attached hydrogens (primary N) is 1. The Morgan fingerprint density at radius 2 is 2.10 bits per heavy atom. The third-order valence-electron chi connectivity index (χ3n) is 2.72. The molecule has 0 fully saturated rings. The summed E-state index contributed by atoms with van der Waals surface area (Å²) in [5.41, 5.74) is 7.55. The standard InChI is InChI=1S/C13H18N4O2S/c1-8-4-3-5-9(2)11(8)19-6-10(18)7-20-13-15-12(14)16-17-13/h3-5,10,18H,6-7H2,1-2H3,(H3,14,15,16,17)/t10-/m1/s1. The second-order valence-electron chi connectivity index (χ2n) is 4.50. The number of ether oxygens (including phenoxy) is 1. The van der Waals surface area contributed by atoms with E-state index in [1.807, 2.05) is 32.0 Å². The van der Waals surface area contributed by atoms with Crippen molar-refractivity contribution in [3.8, 4) is 5.75 Å². The molecule has 4 N–H and O–H groups in total. The molecule has 1 atom stereocenters. The molecule has 0 spiro atoms. The molecule has 7 heteroatoms. The number of rotatable bonds is 6. The number of anilines is 1. The number of aromatic amines is 1. The van der Waals surface area contributed by atoms with Gasteiger partial charge in [0.2, 0.25) is 11.1 Å². The van der Waals surface area contributed by atoms with Crippen LogP contribution in [0.5, 0.6) is 5.75 Å². The minimum atomic E-state index is -0.598. The minimum Gasteiger partial charge on any atom is -0.490 e. The first-order valence-corrected chi connectivity index (χ1v) is 7.22. The first-order chi connectivity index (χ1) is 9.56. The SMILES string of the molecule is Cc1cccc(C)c1OC[C@@H](O)CSc1n[nH]c(N)n1. The first-order valence-electron chi connectivity index (χ1n) is 6.24. The number of aromatic nitrogens is 3. The number of nitrogen functional groups attached to an aromatic ring is 1. The molecule has 0 aliphatic rings. The molecule has 20 heavy (non-hydrogen) atoms. The van der Waals surface area contributed by atoms with Gasteiger partial charge in [0, 0.05) is 5.75 Å². The highest BCUT2D eigenvalue weighted by atomic mass is 32.2. The van der Waals surface area contributed by atoms with E-state index in [-0.39, 0.29) is 12.6 Å². The number of hydrogen-bond acceptors (Lipinski definition) is 6. The number of aliphatic hydroxyl groups excluding tert-OH is 1. The molecule has 6 nitrogen and oxygen atoms in total. The van der Waals surface area contributed by atoms with Gasteiger partial charge in [0.05, 0.1) is 6.10 Å². The molecule has 0 saturated heterocycles. The van der Waals surface area contributed by atoms with Gasteiger partial charge >= 0.3 is 0 Å². The highest BCUT2D eigenvalue weighted by Gasteiger charge is 2.10. The van der Waals surface area contributed by atoms with Crippen LogP contribution in [-0.2, 0) is 0 Å². The summed E-state index contributed by atoms with van der Waals surface area (Å²) in [6.45, 7) is 4.21. The van der Waals surface area contributed by atoms with Crippen molar-refractivity contribution in [2.24, 2.45) is 0 Å². The molecular weight excluding hydrogens is 276 g/mol. The lowest BCUT2D eigenvalue weighted by Gasteiger charge is -2.14. The van der Waals surface area contributed by atoms with Gasteiger partial charge in [-0.25, -0.2) is 5.10 Å². The van der Waals surface area contributed by atoms with Crippen LogP contribution in [0.4, 0.5) is 5.95 Å². The minimum absolute atomic E-state index is 0.235. The van der Waals surface area contributed by atoms with Gasteiger partial charge in [-0.05, 0) is 25.0 Å². The maximum Gasteiger partial charge on any atom is 0.216 e. The lowest BCUT2D eigenvalue weighted by atomic mass is 10.1. The zero-order valence-corrected chi connectivity index (χ0v) is 12.3. The molecule has 108 valence electrons. The van der Waals surface area contributed by atoms with Crippen molar-refractivity contribution < 1.29 is 9.84 Å². The molecule has 0 aliphatic heterocycles. The number of para-hydroxylation sites is 1. The van der Waals surface area contributed by atoms with E-state index in [0.29, 0.717) is 10.9 Å². The van der Waals surface area contributed by atoms with E-state index in [4.69, 9.17) is 10.5 Å². The van der Waals surface area contributed by atoms with Gasteiger partial charge in [0.25, 0.3) is 0 Å². The van der Waals surface area contributed by atoms with Crippen molar-refractivity contribution in [2.75, 3.05) is 18.1 Å². The fraction of sp³-hybridized carbons (Fsp3) is 0.385. The Kier molecular flexibility index (Phi) is 4.86. The second kappa shape index (κ2) is 6.62. The third kappa shape index (κ3) is 3.88. The number of aryl methyl sites for hydroxylation is 2. The Morgan fingerprint density at radius 1 is 1.40 bits per heavy atom. The van der Waals surface area contributed by atoms with Crippen molar-refractivity contribution in [3.05, 3.63) is 29.3 Å². The fourth-order valence-electron chi connectivity index (χ4n) is 1.75. The van der Waals surface area contributed by atoms with Crippen molar-refractivity contribution in [1.29, 1.82) is 0 Å². The molecule has 2 rings (SSSR count). The zero-order chi connectivity index (χ0) is 14.5. The van der Waals surface area contributed by atoms with Crippen LogP contribution < -0.4 is 10.5 Å². The Morgan fingerprint density at radius 3 is 2.70 bits per heavy atom. The van der Waals surface area contributed by atoms with Crippen LogP contribution in [0.3, 0.4) is 0 Å². The van der Waals surface area contributed by atoms with Crippen LogP contribution in [0, 0.1) is 13.8 Å². The van der Waals surface area contributed by atoms with Crippen molar-refractivity contribution in [2.45, 2.75) is 25.1 Å². The topological polar surface area (TPSA) is 97.0 Å². The number of thioether (sulfide) groups is 1. The predicted molar refractivity (Wildman–Crippen MR) is 78.9 cm³/mol. The average Bonchev–Trinajstić information content (AvgIpc) is 2.82. The van der Waals surface area contributed by atoms with Gasteiger partial charge in [-0.3, -0.25) is 0 Å². The summed E-state index contributed by atoms with van der Waals surface area (Å²) in [5, 5.41) is 16.9. The highest BCUT2D eigenvalue weighted by Crippen LogP contribution is 2.23. The first kappa shape index (κ1) is 14.7. The molecule has 1 heterocycles. The maximum atomic E-state index is 9.92. The number of nitrogens with one attached hydrogen (secondary N) is 1. The van der Waals surface area contributed by atoms with Crippen LogP contribution in [0.2, 0.25) is 0 Å². The molecular formula is C13H18N4O2S. The molecule has 0 amide bonds. The van der Waals surface area contributed by atoms with Crippen LogP contribution >= 0.6 is 11.8 Å². The van der Waals surface area contributed by atoms with E-state index < -0.39 is 6.10 Å². The molecule has 0 bridgehead atoms. The van der Waals surface area contributed by atoms with Crippen LogP contribution in [0.15, 0.2) is 23.4 Å². The number of H-pyrrole nitrogens is 1. The monoisotopic (exact) mass is 294 g/mol. The highest BCUT2D eigenvalue weighted by molar-refractivity contribution is 7.99. The Labute approximate surface area is 121 Å². The van der Waals surface area contributed by atoms with Crippen LogP contribution in [0.1, 0.15) is 11.1 Å². The Balaban J connectivity index is 1.81. The van der Waals surface area contributed by atoms with E-state index in [0.717, 1.165) is 16.9 Å². The molecule has 1 aromatic heterocycles. The second-order valence-corrected chi connectivity index (χ2v) is 5.49. The van der Waals surface area contributed by atoms with E-state index >= 15 is 0 Å². The zero-order valence-electron chi connectivity index (χ0n) is 11.5. The van der Waals surface area contributed by atoms with Gasteiger partial charge < -0.3 is 15.6 Å². The summed E-state index contributed by atoms with van der Waals surface area (Å²) in [7, 11) is 0. The smallest absolute Gasteiger partial charge is 0.216 e. The van der Waals surface area contributed by atoms with E-state index in [1.54, 1.807) is 0 Å². The van der Waals surface area contributed by atoms with Gasteiger partial charge in [0.1, 0.15) is 12.4 Å². The number of nitrogens with zero attached hydrogens (tertiary/aromatic N) is 2. The summed E-state index contributed by atoms with van der Waals surface area (Å²) in [5.74, 6) is 1.55. The normalized spacial score (nSPS) is 12.3. The molecule has 0 saturated carbocycles. The third-order valence-corrected chi connectivity index (χ3v) is 3.71.